The second kappa shape index (κ2) is 7.81. The molecule has 8 heteroatoms. The van der Waals surface area contributed by atoms with E-state index in [0.29, 0.717) is 22.4 Å². The minimum Gasteiger partial charge on any atom is -0.497 e. The van der Waals surface area contributed by atoms with E-state index in [2.05, 4.69) is 20.8 Å². The molecule has 0 atom stereocenters. The van der Waals surface area contributed by atoms with Crippen molar-refractivity contribution in [2.24, 2.45) is 0 Å². The number of aromatic amines is 1. The fraction of sp³-hybridized carbons (Fsp3) is 0.0476. The molecule has 0 aliphatic carbocycles. The van der Waals surface area contributed by atoms with E-state index >= 15 is 0 Å². The van der Waals surface area contributed by atoms with E-state index in [-0.39, 0.29) is 16.4 Å². The van der Waals surface area contributed by atoms with Crippen molar-refractivity contribution in [3.05, 3.63) is 71.5 Å². The highest BCUT2D eigenvalue weighted by molar-refractivity contribution is 6.34. The first kappa shape index (κ1) is 18.8. The van der Waals surface area contributed by atoms with Crippen LogP contribution in [0.1, 0.15) is 0 Å². The number of halogens is 2. The molecule has 0 fully saturated rings. The zero-order valence-corrected chi connectivity index (χ0v) is 16.0. The van der Waals surface area contributed by atoms with Crippen molar-refractivity contribution in [1.29, 1.82) is 0 Å². The molecule has 1 heterocycles. The number of benzene rings is 3. The molecule has 0 radical (unpaired) electrons. The number of carbonyl (C=O) groups is 1. The molecule has 3 N–H and O–H groups in total. The van der Waals surface area contributed by atoms with Crippen LogP contribution in [-0.4, -0.2) is 23.3 Å². The molecule has 4 aromatic rings. The van der Waals surface area contributed by atoms with Crippen molar-refractivity contribution in [1.82, 2.24) is 10.2 Å². The molecule has 1 aromatic heterocycles. The highest BCUT2D eigenvalue weighted by Gasteiger charge is 2.19. The third-order valence-electron chi connectivity index (χ3n) is 4.41. The van der Waals surface area contributed by atoms with Gasteiger partial charge in [-0.2, -0.15) is 5.10 Å². The largest absolute Gasteiger partial charge is 0.497 e. The standard InChI is InChI=1S/C21H16ClFN4O2/c1-29-14-9-7-13(8-10-14)24-21(28)25-20-16-11-15(12-5-3-2-4-6-12)17(22)18(23)19(16)26-27-20/h2-11H,1H3,(H3,24,25,26,27,28). The van der Waals surface area contributed by atoms with Crippen molar-refractivity contribution < 1.29 is 13.9 Å². The van der Waals surface area contributed by atoms with Crippen LogP contribution in [0, 0.1) is 5.82 Å². The molecule has 146 valence electrons. The van der Waals surface area contributed by atoms with E-state index in [9.17, 15) is 9.18 Å². The Hall–Kier alpha value is -3.58. The number of urea groups is 1. The van der Waals surface area contributed by atoms with E-state index in [1.54, 1.807) is 37.4 Å². The number of nitrogens with one attached hydrogen (secondary N) is 3. The molecule has 0 saturated heterocycles. The van der Waals surface area contributed by atoms with Crippen LogP contribution in [0.3, 0.4) is 0 Å². The average Bonchev–Trinajstić information content (AvgIpc) is 3.14. The summed E-state index contributed by atoms with van der Waals surface area (Å²) in [4.78, 5) is 12.4. The van der Waals surface area contributed by atoms with Gasteiger partial charge in [0.1, 0.15) is 11.3 Å². The predicted octanol–water partition coefficient (Wildman–Crippen LogP) is 5.68. The molecule has 0 unspecified atom stereocenters. The second-order valence-corrected chi connectivity index (χ2v) is 6.60. The predicted molar refractivity (Wildman–Crippen MR) is 112 cm³/mol. The Balaban J connectivity index is 1.64. The van der Waals surface area contributed by atoms with Gasteiger partial charge in [-0.25, -0.2) is 9.18 Å². The monoisotopic (exact) mass is 410 g/mol. The molecule has 6 nitrogen and oxygen atoms in total. The van der Waals surface area contributed by atoms with Crippen molar-refractivity contribution in [3.8, 4) is 16.9 Å². The lowest BCUT2D eigenvalue weighted by molar-refractivity contribution is 0.262. The number of aromatic nitrogens is 2. The van der Waals surface area contributed by atoms with Crippen LogP contribution < -0.4 is 15.4 Å². The Bertz CT molecular complexity index is 1180. The van der Waals surface area contributed by atoms with Crippen molar-refractivity contribution in [3.63, 3.8) is 0 Å². The Labute approximate surface area is 170 Å². The summed E-state index contributed by atoms with van der Waals surface area (Å²) in [5, 5.41) is 12.3. The molecule has 4 rings (SSSR count). The van der Waals surface area contributed by atoms with Crippen molar-refractivity contribution in [2.45, 2.75) is 0 Å². The Morgan fingerprint density at radius 3 is 2.52 bits per heavy atom. The molecular weight excluding hydrogens is 395 g/mol. The minimum atomic E-state index is -0.626. The maximum Gasteiger partial charge on any atom is 0.324 e. The van der Waals surface area contributed by atoms with Crippen LogP contribution in [0.25, 0.3) is 22.0 Å². The SMILES string of the molecule is COc1ccc(NC(=O)Nc2n[nH]c3c(F)c(Cl)c(-c4ccccc4)cc23)cc1. The van der Waals surface area contributed by atoms with Crippen LogP contribution in [-0.2, 0) is 0 Å². The number of nitrogens with zero attached hydrogens (tertiary/aromatic N) is 1. The van der Waals surface area contributed by atoms with Gasteiger partial charge < -0.3 is 10.1 Å². The molecule has 0 aliphatic heterocycles. The Morgan fingerprint density at radius 1 is 1.10 bits per heavy atom. The lowest BCUT2D eigenvalue weighted by atomic mass is 10.0. The van der Waals surface area contributed by atoms with E-state index < -0.39 is 11.8 Å². The van der Waals surface area contributed by atoms with Gasteiger partial charge in [-0.15, -0.1) is 0 Å². The van der Waals surface area contributed by atoms with Crippen LogP contribution in [0.2, 0.25) is 5.02 Å². The number of anilines is 2. The van der Waals surface area contributed by atoms with Crippen molar-refractivity contribution >= 4 is 40.0 Å². The Kier molecular flexibility index (Phi) is 5.05. The molecule has 0 saturated carbocycles. The summed E-state index contributed by atoms with van der Waals surface area (Å²) >= 11 is 6.22. The van der Waals surface area contributed by atoms with E-state index in [4.69, 9.17) is 16.3 Å². The number of carbonyl (C=O) groups excluding carboxylic acids is 1. The maximum atomic E-state index is 14.8. The first-order valence-corrected chi connectivity index (χ1v) is 9.08. The van der Waals surface area contributed by atoms with Crippen LogP contribution in [0.15, 0.2) is 60.7 Å². The first-order valence-electron chi connectivity index (χ1n) is 8.70. The molecule has 0 aliphatic rings. The third kappa shape index (κ3) is 3.72. The zero-order valence-electron chi connectivity index (χ0n) is 15.3. The first-order chi connectivity index (χ1) is 14.1. The Morgan fingerprint density at radius 2 is 1.83 bits per heavy atom. The summed E-state index contributed by atoms with van der Waals surface area (Å²) < 4.78 is 19.9. The number of amides is 2. The second-order valence-electron chi connectivity index (χ2n) is 6.22. The number of hydrogen-bond acceptors (Lipinski definition) is 3. The lowest BCUT2D eigenvalue weighted by Gasteiger charge is -2.09. The quantitative estimate of drug-likeness (QED) is 0.405. The van der Waals surface area contributed by atoms with E-state index in [1.807, 2.05) is 30.3 Å². The zero-order chi connectivity index (χ0) is 20.4. The molecule has 0 spiro atoms. The number of H-pyrrole nitrogens is 1. The van der Waals surface area contributed by atoms with Gasteiger partial charge in [0.2, 0.25) is 0 Å². The highest BCUT2D eigenvalue weighted by Crippen LogP contribution is 2.36. The molecule has 0 bridgehead atoms. The summed E-state index contributed by atoms with van der Waals surface area (Å²) in [6.07, 6.45) is 0. The van der Waals surface area contributed by atoms with Gasteiger partial charge >= 0.3 is 6.03 Å². The van der Waals surface area contributed by atoms with Gasteiger partial charge in [0, 0.05) is 16.6 Å². The summed E-state index contributed by atoms with van der Waals surface area (Å²) in [5.41, 5.74) is 1.96. The van der Waals surface area contributed by atoms with Gasteiger partial charge in [-0.05, 0) is 35.9 Å². The summed E-state index contributed by atoms with van der Waals surface area (Å²) in [6.45, 7) is 0. The lowest BCUT2D eigenvalue weighted by Crippen LogP contribution is -2.19. The summed E-state index contributed by atoms with van der Waals surface area (Å²) in [6, 6.07) is 17.2. The topological polar surface area (TPSA) is 79.0 Å². The molecule has 29 heavy (non-hydrogen) atoms. The molecule has 2 amide bonds. The number of rotatable bonds is 4. The van der Waals surface area contributed by atoms with Crippen LogP contribution in [0.5, 0.6) is 5.75 Å². The average molecular weight is 411 g/mol. The fourth-order valence-corrected chi connectivity index (χ4v) is 3.22. The fourth-order valence-electron chi connectivity index (χ4n) is 2.96. The number of ether oxygens (including phenoxy) is 1. The van der Waals surface area contributed by atoms with Gasteiger partial charge in [-0.3, -0.25) is 10.4 Å². The smallest absolute Gasteiger partial charge is 0.324 e. The number of methoxy groups -OCH3 is 1. The maximum absolute atomic E-state index is 14.8. The normalized spacial score (nSPS) is 10.7. The summed E-state index contributed by atoms with van der Waals surface area (Å²) in [5.74, 6) is 0.243. The van der Waals surface area contributed by atoms with E-state index in [1.165, 1.54) is 0 Å². The highest BCUT2D eigenvalue weighted by atomic mass is 35.5. The van der Waals surface area contributed by atoms with Gasteiger partial charge in [0.25, 0.3) is 0 Å². The van der Waals surface area contributed by atoms with E-state index in [0.717, 1.165) is 5.56 Å². The molecular formula is C21H16ClFN4O2. The number of fused-ring (bicyclic) bond motifs is 1. The van der Waals surface area contributed by atoms with Crippen LogP contribution in [0.4, 0.5) is 20.7 Å². The van der Waals surface area contributed by atoms with Gasteiger partial charge in [0.05, 0.1) is 12.1 Å². The van der Waals surface area contributed by atoms with Crippen LogP contribution >= 0.6 is 11.6 Å². The number of hydrogen-bond donors (Lipinski definition) is 3. The third-order valence-corrected chi connectivity index (χ3v) is 4.78. The van der Waals surface area contributed by atoms with Gasteiger partial charge in [-0.1, -0.05) is 41.9 Å². The van der Waals surface area contributed by atoms with Gasteiger partial charge in [0.15, 0.2) is 11.6 Å². The minimum absolute atomic E-state index is 0.0124. The summed E-state index contributed by atoms with van der Waals surface area (Å²) in [7, 11) is 1.56. The molecule has 3 aromatic carbocycles. The van der Waals surface area contributed by atoms with Crippen molar-refractivity contribution in [2.75, 3.05) is 17.7 Å².